The number of nitrogens with zero attached hydrogens (tertiary/aromatic N) is 1. The highest BCUT2D eigenvalue weighted by atomic mass is 35.5. The summed E-state index contributed by atoms with van der Waals surface area (Å²) in [7, 11) is 0. The van der Waals surface area contributed by atoms with E-state index in [1.54, 1.807) is 18.3 Å². The Labute approximate surface area is 116 Å². The molecule has 1 atom stereocenters. The summed E-state index contributed by atoms with van der Waals surface area (Å²) in [5.41, 5.74) is 0. The van der Waals surface area contributed by atoms with Crippen molar-refractivity contribution < 1.29 is 14.3 Å². The number of hydrogen-bond acceptors (Lipinski definition) is 5. The number of halogens is 1. The van der Waals surface area contributed by atoms with Gasteiger partial charge in [-0.1, -0.05) is 11.6 Å². The summed E-state index contributed by atoms with van der Waals surface area (Å²) < 4.78 is 10.6. The van der Waals surface area contributed by atoms with Gasteiger partial charge in [0.05, 0.1) is 19.8 Å². The van der Waals surface area contributed by atoms with Crippen LogP contribution in [0.1, 0.15) is 0 Å². The van der Waals surface area contributed by atoms with Crippen LogP contribution in [0.3, 0.4) is 0 Å². The summed E-state index contributed by atoms with van der Waals surface area (Å²) in [5, 5.41) is 6.29. The van der Waals surface area contributed by atoms with Gasteiger partial charge in [-0.15, -0.1) is 0 Å². The number of ether oxygens (including phenoxy) is 2. The van der Waals surface area contributed by atoms with Crippen LogP contribution in [0.2, 0.25) is 5.02 Å². The van der Waals surface area contributed by atoms with Crippen molar-refractivity contribution in [2.45, 2.75) is 6.04 Å². The fourth-order valence-corrected chi connectivity index (χ4v) is 1.83. The smallest absolute Gasteiger partial charge is 0.239 e. The van der Waals surface area contributed by atoms with Crippen molar-refractivity contribution in [1.29, 1.82) is 0 Å². The molecule has 1 fully saturated rings. The third-order valence-electron chi connectivity index (χ3n) is 2.60. The topological polar surface area (TPSA) is 72.5 Å². The monoisotopic (exact) mass is 285 g/mol. The molecule has 0 aromatic carbocycles. The van der Waals surface area contributed by atoms with E-state index >= 15 is 0 Å². The molecule has 0 saturated carbocycles. The van der Waals surface area contributed by atoms with Crippen molar-refractivity contribution in [3.05, 3.63) is 23.4 Å². The van der Waals surface area contributed by atoms with Gasteiger partial charge in [-0.25, -0.2) is 4.98 Å². The molecule has 2 heterocycles. The lowest BCUT2D eigenvalue weighted by Crippen LogP contribution is -2.51. The number of morpholine rings is 1. The zero-order valence-electron chi connectivity index (χ0n) is 10.4. The number of rotatable bonds is 5. The quantitative estimate of drug-likeness (QED) is 0.757. The lowest BCUT2D eigenvalue weighted by Gasteiger charge is -2.22. The van der Waals surface area contributed by atoms with E-state index in [1.807, 2.05) is 0 Å². The minimum Gasteiger partial charge on any atom is -0.475 e. The van der Waals surface area contributed by atoms with Crippen molar-refractivity contribution in [3.63, 3.8) is 0 Å². The minimum atomic E-state index is -0.285. The molecule has 0 bridgehead atoms. The van der Waals surface area contributed by atoms with Gasteiger partial charge in [0.25, 0.3) is 0 Å². The second-order valence-corrected chi connectivity index (χ2v) is 4.42. The molecule has 0 spiro atoms. The molecule has 6 nitrogen and oxygen atoms in total. The van der Waals surface area contributed by atoms with Crippen LogP contribution in [-0.4, -0.2) is 49.8 Å². The van der Waals surface area contributed by atoms with Crippen molar-refractivity contribution >= 4 is 17.5 Å². The first-order chi connectivity index (χ1) is 9.27. The standard InChI is InChI=1S/C12H16ClN3O3/c13-9-2-1-3-16-12(9)19-7-5-15-11(17)10-8-18-6-4-14-10/h1-3,10,14H,4-8H2,(H,15,17)/t10-/m1/s1. The van der Waals surface area contributed by atoms with Gasteiger partial charge >= 0.3 is 0 Å². The van der Waals surface area contributed by atoms with Crippen LogP contribution >= 0.6 is 11.6 Å². The molecule has 104 valence electrons. The highest BCUT2D eigenvalue weighted by Gasteiger charge is 2.20. The largest absolute Gasteiger partial charge is 0.475 e. The van der Waals surface area contributed by atoms with Gasteiger partial charge in [0.15, 0.2) is 0 Å². The van der Waals surface area contributed by atoms with Crippen LogP contribution in [0.5, 0.6) is 5.88 Å². The molecule has 19 heavy (non-hydrogen) atoms. The van der Waals surface area contributed by atoms with Crippen LogP contribution in [0.15, 0.2) is 18.3 Å². The van der Waals surface area contributed by atoms with Gasteiger partial charge < -0.3 is 20.1 Å². The van der Waals surface area contributed by atoms with Gasteiger partial charge in [-0.2, -0.15) is 0 Å². The van der Waals surface area contributed by atoms with Gasteiger partial charge in [0, 0.05) is 12.7 Å². The van der Waals surface area contributed by atoms with Gasteiger partial charge in [-0.3, -0.25) is 4.79 Å². The minimum absolute atomic E-state index is 0.0876. The van der Waals surface area contributed by atoms with Crippen LogP contribution < -0.4 is 15.4 Å². The molecule has 2 rings (SSSR count). The first-order valence-corrected chi connectivity index (χ1v) is 6.47. The lowest BCUT2D eigenvalue weighted by atomic mass is 10.2. The number of carbonyl (C=O) groups is 1. The molecule has 1 amide bonds. The van der Waals surface area contributed by atoms with E-state index in [4.69, 9.17) is 21.1 Å². The van der Waals surface area contributed by atoms with E-state index in [-0.39, 0.29) is 11.9 Å². The maximum absolute atomic E-state index is 11.7. The number of carbonyl (C=O) groups excluding carboxylic acids is 1. The Morgan fingerprint density at radius 2 is 2.58 bits per heavy atom. The molecule has 1 aromatic rings. The van der Waals surface area contributed by atoms with Crippen molar-refractivity contribution in [1.82, 2.24) is 15.6 Å². The van der Waals surface area contributed by atoms with Crippen molar-refractivity contribution in [3.8, 4) is 5.88 Å². The fourth-order valence-electron chi connectivity index (χ4n) is 1.66. The van der Waals surface area contributed by atoms with Crippen LogP contribution in [0.4, 0.5) is 0 Å². The molecule has 1 aromatic heterocycles. The Kier molecular flexibility index (Phi) is 5.38. The van der Waals surface area contributed by atoms with Gasteiger partial charge in [0.1, 0.15) is 17.7 Å². The molecule has 0 unspecified atom stereocenters. The molecule has 1 saturated heterocycles. The highest BCUT2D eigenvalue weighted by molar-refractivity contribution is 6.31. The van der Waals surface area contributed by atoms with E-state index < -0.39 is 0 Å². The normalized spacial score (nSPS) is 18.9. The second-order valence-electron chi connectivity index (χ2n) is 4.01. The molecule has 7 heteroatoms. The second kappa shape index (κ2) is 7.28. The van der Waals surface area contributed by atoms with E-state index in [9.17, 15) is 4.79 Å². The fraction of sp³-hybridized carbons (Fsp3) is 0.500. The Morgan fingerprint density at radius 1 is 1.68 bits per heavy atom. The maximum atomic E-state index is 11.7. The van der Waals surface area contributed by atoms with E-state index in [1.165, 1.54) is 0 Å². The average Bonchev–Trinajstić information content (AvgIpc) is 2.46. The Bertz CT molecular complexity index is 424. The summed E-state index contributed by atoms with van der Waals surface area (Å²) in [5.74, 6) is 0.285. The number of hydrogen-bond donors (Lipinski definition) is 2. The van der Waals surface area contributed by atoms with Crippen LogP contribution in [-0.2, 0) is 9.53 Å². The lowest BCUT2D eigenvalue weighted by molar-refractivity contribution is -0.126. The molecular weight excluding hydrogens is 270 g/mol. The molecule has 1 aliphatic rings. The van der Waals surface area contributed by atoms with Crippen LogP contribution in [0.25, 0.3) is 0 Å². The highest BCUT2D eigenvalue weighted by Crippen LogP contribution is 2.19. The average molecular weight is 286 g/mol. The SMILES string of the molecule is O=C(NCCOc1ncccc1Cl)[C@H]1COCCN1. The van der Waals surface area contributed by atoms with Gasteiger partial charge in [0.2, 0.25) is 11.8 Å². The zero-order chi connectivity index (χ0) is 13.5. The van der Waals surface area contributed by atoms with Crippen molar-refractivity contribution in [2.75, 3.05) is 32.9 Å². The summed E-state index contributed by atoms with van der Waals surface area (Å²) in [6.07, 6.45) is 1.60. The van der Waals surface area contributed by atoms with Crippen molar-refractivity contribution in [2.24, 2.45) is 0 Å². The molecule has 0 radical (unpaired) electrons. The predicted molar refractivity (Wildman–Crippen MR) is 70.4 cm³/mol. The van der Waals surface area contributed by atoms with E-state index in [0.717, 1.165) is 0 Å². The third-order valence-corrected chi connectivity index (χ3v) is 2.89. The van der Waals surface area contributed by atoms with Crippen LogP contribution in [0, 0.1) is 0 Å². The third kappa shape index (κ3) is 4.34. The number of nitrogens with one attached hydrogen (secondary N) is 2. The molecule has 1 aliphatic heterocycles. The number of pyridine rings is 1. The predicted octanol–water partition coefficient (Wildman–Crippen LogP) is 0.218. The summed E-state index contributed by atoms with van der Waals surface area (Å²) in [4.78, 5) is 15.7. The Hall–Kier alpha value is -1.37. The Balaban J connectivity index is 1.66. The summed E-state index contributed by atoms with van der Waals surface area (Å²) in [6, 6.07) is 3.14. The molecule has 2 N–H and O–H groups in total. The molecule has 0 aliphatic carbocycles. The molecular formula is C12H16ClN3O3. The number of amides is 1. The summed E-state index contributed by atoms with van der Waals surface area (Å²) in [6.45, 7) is 2.45. The Morgan fingerprint density at radius 3 is 3.32 bits per heavy atom. The first kappa shape index (κ1) is 14.0. The maximum Gasteiger partial charge on any atom is 0.239 e. The first-order valence-electron chi connectivity index (χ1n) is 6.09. The van der Waals surface area contributed by atoms with E-state index in [0.29, 0.717) is 43.8 Å². The van der Waals surface area contributed by atoms with Gasteiger partial charge in [-0.05, 0) is 12.1 Å². The zero-order valence-corrected chi connectivity index (χ0v) is 11.2. The summed E-state index contributed by atoms with van der Waals surface area (Å²) >= 11 is 5.89. The van der Waals surface area contributed by atoms with E-state index in [2.05, 4.69) is 15.6 Å². The number of aromatic nitrogens is 1.